The van der Waals surface area contributed by atoms with Crippen molar-refractivity contribution in [1.82, 2.24) is 4.72 Å². The molecule has 0 saturated carbocycles. The lowest BCUT2D eigenvalue weighted by atomic mass is 10.1. The van der Waals surface area contributed by atoms with E-state index in [1.54, 1.807) is 0 Å². The minimum Gasteiger partial charge on any atom is -0.270 e. The van der Waals surface area contributed by atoms with E-state index in [4.69, 9.17) is 0 Å². The fourth-order valence-electron chi connectivity index (χ4n) is 1.45. The molecule has 0 fully saturated rings. The first kappa shape index (κ1) is 14.5. The van der Waals surface area contributed by atoms with Crippen LogP contribution < -0.4 is 9.44 Å². The lowest BCUT2D eigenvalue weighted by Crippen LogP contribution is -2.31. The Balaban J connectivity index is 2.96. The number of aryl methyl sites for hydroxylation is 2. The molecule has 96 valence electrons. The van der Waals surface area contributed by atoms with Crippen LogP contribution in [0.4, 0.5) is 5.69 Å². The monoisotopic (exact) mass is 320 g/mol. The van der Waals surface area contributed by atoms with Gasteiger partial charge in [0.05, 0.1) is 5.69 Å². The summed E-state index contributed by atoms with van der Waals surface area (Å²) >= 11 is 3.36. The Bertz CT molecular complexity index is 477. The molecule has 0 saturated heterocycles. The normalized spacial score (nSPS) is 11.5. The number of rotatable bonds is 5. The summed E-state index contributed by atoms with van der Waals surface area (Å²) in [6.07, 6.45) is 0.759. The van der Waals surface area contributed by atoms with Gasteiger partial charge in [0.1, 0.15) is 0 Å². The van der Waals surface area contributed by atoms with Crippen molar-refractivity contribution < 1.29 is 8.42 Å². The summed E-state index contributed by atoms with van der Waals surface area (Å²) in [5.74, 6) is 0. The molecule has 0 bridgehead atoms. The van der Waals surface area contributed by atoms with Gasteiger partial charge < -0.3 is 0 Å². The molecule has 0 aliphatic carbocycles. The highest BCUT2D eigenvalue weighted by Crippen LogP contribution is 2.28. The van der Waals surface area contributed by atoms with Crippen molar-refractivity contribution >= 4 is 31.8 Å². The van der Waals surface area contributed by atoms with Gasteiger partial charge in [0, 0.05) is 11.0 Å². The first-order valence-corrected chi connectivity index (χ1v) is 7.67. The number of halogens is 1. The average Bonchev–Trinajstić information content (AvgIpc) is 2.21. The van der Waals surface area contributed by atoms with E-state index in [2.05, 4.69) is 25.4 Å². The highest BCUT2D eigenvalue weighted by atomic mass is 79.9. The maximum atomic E-state index is 11.7. The number of nitrogens with one attached hydrogen (secondary N) is 2. The van der Waals surface area contributed by atoms with Crippen LogP contribution in [0.2, 0.25) is 0 Å². The van der Waals surface area contributed by atoms with Gasteiger partial charge in [-0.15, -0.1) is 0 Å². The van der Waals surface area contributed by atoms with Gasteiger partial charge in [-0.3, -0.25) is 4.72 Å². The zero-order chi connectivity index (χ0) is 13.1. The maximum absolute atomic E-state index is 11.7. The van der Waals surface area contributed by atoms with Crippen LogP contribution in [0, 0.1) is 13.8 Å². The Morgan fingerprint density at radius 2 is 1.94 bits per heavy atom. The highest BCUT2D eigenvalue weighted by Gasteiger charge is 2.13. The van der Waals surface area contributed by atoms with Gasteiger partial charge >= 0.3 is 0 Å². The number of hydrogen-bond acceptors (Lipinski definition) is 2. The van der Waals surface area contributed by atoms with E-state index in [1.165, 1.54) is 0 Å². The van der Waals surface area contributed by atoms with Crippen molar-refractivity contribution in [3.63, 3.8) is 0 Å². The van der Waals surface area contributed by atoms with E-state index >= 15 is 0 Å². The summed E-state index contributed by atoms with van der Waals surface area (Å²) in [5.41, 5.74) is 2.55. The van der Waals surface area contributed by atoms with E-state index < -0.39 is 10.2 Å². The molecule has 6 heteroatoms. The molecule has 0 atom stereocenters. The number of benzene rings is 1. The standard InChI is InChI=1S/C11H17BrN2O2S/c1-4-5-13-17(15,16)14-11-9(3)6-8(2)7-10(11)12/h6-7,13-14H,4-5H2,1-3H3. The van der Waals surface area contributed by atoms with Gasteiger partial charge in [0.25, 0.3) is 10.2 Å². The SMILES string of the molecule is CCCNS(=O)(=O)Nc1c(C)cc(C)cc1Br. The van der Waals surface area contributed by atoms with E-state index in [-0.39, 0.29) is 0 Å². The summed E-state index contributed by atoms with van der Waals surface area (Å²) < 4.78 is 29.2. The minimum atomic E-state index is -3.48. The summed E-state index contributed by atoms with van der Waals surface area (Å²) in [6.45, 7) is 6.17. The Morgan fingerprint density at radius 1 is 1.29 bits per heavy atom. The molecular weight excluding hydrogens is 304 g/mol. The van der Waals surface area contributed by atoms with Crippen molar-refractivity contribution in [2.45, 2.75) is 27.2 Å². The zero-order valence-electron chi connectivity index (χ0n) is 10.2. The Kier molecular flexibility index (Phi) is 4.97. The smallest absolute Gasteiger partial charge is 0.270 e. The van der Waals surface area contributed by atoms with Gasteiger partial charge in [-0.1, -0.05) is 13.0 Å². The summed E-state index contributed by atoms with van der Waals surface area (Å²) in [7, 11) is -3.48. The molecular formula is C11H17BrN2O2S. The molecule has 2 N–H and O–H groups in total. The van der Waals surface area contributed by atoms with Crippen LogP contribution in [0.15, 0.2) is 16.6 Å². The molecule has 1 aromatic rings. The Hall–Kier alpha value is -0.590. The second kappa shape index (κ2) is 5.84. The summed E-state index contributed by atoms with van der Waals surface area (Å²) in [4.78, 5) is 0. The van der Waals surface area contributed by atoms with Gasteiger partial charge in [-0.05, 0) is 53.4 Å². The van der Waals surface area contributed by atoms with E-state index in [0.717, 1.165) is 22.0 Å². The van der Waals surface area contributed by atoms with Crippen LogP contribution in [-0.4, -0.2) is 15.0 Å². The average molecular weight is 321 g/mol. The van der Waals surface area contributed by atoms with Crippen LogP contribution in [0.5, 0.6) is 0 Å². The second-order valence-corrected chi connectivity index (χ2v) is 6.29. The largest absolute Gasteiger partial charge is 0.299 e. The van der Waals surface area contributed by atoms with Gasteiger partial charge in [-0.25, -0.2) is 0 Å². The van der Waals surface area contributed by atoms with Crippen LogP contribution in [-0.2, 0) is 10.2 Å². The molecule has 1 rings (SSSR count). The lowest BCUT2D eigenvalue weighted by molar-refractivity contribution is 0.586. The molecule has 0 amide bonds. The highest BCUT2D eigenvalue weighted by molar-refractivity contribution is 9.10. The number of hydrogen-bond donors (Lipinski definition) is 2. The van der Waals surface area contributed by atoms with Gasteiger partial charge in [0.2, 0.25) is 0 Å². The van der Waals surface area contributed by atoms with Crippen molar-refractivity contribution in [2.75, 3.05) is 11.3 Å². The molecule has 0 aliphatic rings. The molecule has 0 radical (unpaired) electrons. The van der Waals surface area contributed by atoms with Crippen LogP contribution in [0.1, 0.15) is 24.5 Å². The predicted octanol–water partition coefficient (Wildman–Crippen LogP) is 2.72. The first-order valence-electron chi connectivity index (χ1n) is 5.40. The zero-order valence-corrected chi connectivity index (χ0v) is 12.6. The first-order chi connectivity index (χ1) is 7.85. The van der Waals surface area contributed by atoms with Gasteiger partial charge in [-0.2, -0.15) is 13.1 Å². The fourth-order valence-corrected chi connectivity index (χ4v) is 3.44. The third-order valence-corrected chi connectivity index (χ3v) is 3.89. The second-order valence-electron chi connectivity index (χ2n) is 3.94. The number of anilines is 1. The minimum absolute atomic E-state index is 0.428. The van der Waals surface area contributed by atoms with Gasteiger partial charge in [0.15, 0.2) is 0 Å². The van der Waals surface area contributed by atoms with E-state index in [9.17, 15) is 8.42 Å². The maximum Gasteiger partial charge on any atom is 0.299 e. The van der Waals surface area contributed by atoms with Crippen molar-refractivity contribution in [3.8, 4) is 0 Å². The Labute approximate surface area is 111 Å². The van der Waals surface area contributed by atoms with E-state index in [0.29, 0.717) is 12.2 Å². The summed E-state index contributed by atoms with van der Waals surface area (Å²) in [6, 6.07) is 3.81. The topological polar surface area (TPSA) is 58.2 Å². The third-order valence-electron chi connectivity index (χ3n) is 2.21. The third kappa shape index (κ3) is 4.29. The molecule has 0 unspecified atom stereocenters. The molecule has 0 aliphatic heterocycles. The predicted molar refractivity (Wildman–Crippen MR) is 74.5 cm³/mol. The molecule has 4 nitrogen and oxygen atoms in total. The van der Waals surface area contributed by atoms with E-state index in [1.807, 2.05) is 32.9 Å². The molecule has 0 spiro atoms. The van der Waals surface area contributed by atoms with Crippen LogP contribution in [0.3, 0.4) is 0 Å². The molecule has 0 aromatic heterocycles. The van der Waals surface area contributed by atoms with Crippen LogP contribution >= 0.6 is 15.9 Å². The van der Waals surface area contributed by atoms with Crippen molar-refractivity contribution in [3.05, 3.63) is 27.7 Å². The summed E-state index contributed by atoms with van der Waals surface area (Å²) in [5, 5.41) is 0. The molecule has 0 heterocycles. The van der Waals surface area contributed by atoms with Crippen molar-refractivity contribution in [2.24, 2.45) is 0 Å². The van der Waals surface area contributed by atoms with Crippen LogP contribution in [0.25, 0.3) is 0 Å². The quantitative estimate of drug-likeness (QED) is 0.876. The fraction of sp³-hybridized carbons (Fsp3) is 0.455. The van der Waals surface area contributed by atoms with Crippen molar-refractivity contribution in [1.29, 1.82) is 0 Å². The molecule has 1 aromatic carbocycles. The lowest BCUT2D eigenvalue weighted by Gasteiger charge is -2.13. The Morgan fingerprint density at radius 3 is 2.47 bits per heavy atom. The molecule has 17 heavy (non-hydrogen) atoms.